The van der Waals surface area contributed by atoms with E-state index in [9.17, 15) is 9.59 Å². The maximum Gasteiger partial charge on any atom is 0.255 e. The van der Waals surface area contributed by atoms with E-state index >= 15 is 0 Å². The van der Waals surface area contributed by atoms with Crippen molar-refractivity contribution in [2.75, 3.05) is 23.7 Å². The number of aryl methyl sites for hydroxylation is 1. The summed E-state index contributed by atoms with van der Waals surface area (Å²) in [7, 11) is 0. The van der Waals surface area contributed by atoms with Crippen molar-refractivity contribution in [3.63, 3.8) is 0 Å². The number of benzene rings is 2. The zero-order chi connectivity index (χ0) is 16.7. The van der Waals surface area contributed by atoms with E-state index in [1.807, 2.05) is 32.0 Å². The van der Waals surface area contributed by atoms with Gasteiger partial charge in [0.2, 0.25) is 5.91 Å². The third-order valence-corrected chi connectivity index (χ3v) is 3.24. The van der Waals surface area contributed by atoms with E-state index in [1.54, 1.807) is 30.3 Å². The molecule has 0 unspecified atom stereocenters. The standard InChI is InChI=1S/C18H21N3O2/c1-3-19-12-17(22)20-15-7-9-16(10-8-15)21-18(23)14-6-4-5-13(2)11-14/h4-11,19H,3,12H2,1-2H3,(H,20,22)(H,21,23). The number of amides is 2. The van der Waals surface area contributed by atoms with Gasteiger partial charge in [-0.1, -0.05) is 24.6 Å². The normalized spacial score (nSPS) is 10.2. The third kappa shape index (κ3) is 5.23. The lowest BCUT2D eigenvalue weighted by molar-refractivity contribution is -0.115. The first-order valence-corrected chi connectivity index (χ1v) is 7.57. The second-order valence-electron chi connectivity index (χ2n) is 5.23. The lowest BCUT2D eigenvalue weighted by atomic mass is 10.1. The minimum atomic E-state index is -0.155. The first-order chi connectivity index (χ1) is 11.1. The predicted octanol–water partition coefficient (Wildman–Crippen LogP) is 2.80. The lowest BCUT2D eigenvalue weighted by Gasteiger charge is -2.08. The third-order valence-electron chi connectivity index (χ3n) is 3.24. The van der Waals surface area contributed by atoms with Crippen LogP contribution in [0.4, 0.5) is 11.4 Å². The van der Waals surface area contributed by atoms with E-state index in [4.69, 9.17) is 0 Å². The summed E-state index contributed by atoms with van der Waals surface area (Å²) in [6, 6.07) is 14.5. The topological polar surface area (TPSA) is 70.2 Å². The van der Waals surface area contributed by atoms with Gasteiger partial charge in [-0.3, -0.25) is 9.59 Å². The van der Waals surface area contributed by atoms with Crippen LogP contribution in [0.1, 0.15) is 22.8 Å². The Hall–Kier alpha value is -2.66. The molecule has 0 heterocycles. The molecular weight excluding hydrogens is 290 g/mol. The highest BCUT2D eigenvalue weighted by molar-refractivity contribution is 6.04. The van der Waals surface area contributed by atoms with E-state index in [0.29, 0.717) is 16.9 Å². The second-order valence-corrected chi connectivity index (χ2v) is 5.23. The largest absolute Gasteiger partial charge is 0.325 e. The molecule has 0 aliphatic rings. The zero-order valence-electron chi connectivity index (χ0n) is 13.3. The van der Waals surface area contributed by atoms with Gasteiger partial charge in [0.1, 0.15) is 0 Å². The molecule has 0 aliphatic carbocycles. The number of likely N-dealkylation sites (N-methyl/N-ethyl adjacent to an activating group) is 1. The van der Waals surface area contributed by atoms with Gasteiger partial charge in [0.15, 0.2) is 0 Å². The Labute approximate surface area is 136 Å². The van der Waals surface area contributed by atoms with Crippen LogP contribution in [0, 0.1) is 6.92 Å². The molecule has 0 spiro atoms. The van der Waals surface area contributed by atoms with Crippen molar-refractivity contribution in [2.24, 2.45) is 0 Å². The monoisotopic (exact) mass is 311 g/mol. The lowest BCUT2D eigenvalue weighted by Crippen LogP contribution is -2.27. The summed E-state index contributed by atoms with van der Waals surface area (Å²) in [5.74, 6) is -0.249. The fourth-order valence-electron chi connectivity index (χ4n) is 2.07. The maximum absolute atomic E-state index is 12.2. The molecule has 2 aromatic carbocycles. The Morgan fingerprint density at radius 3 is 2.22 bits per heavy atom. The van der Waals surface area contributed by atoms with Gasteiger partial charge in [0.05, 0.1) is 6.54 Å². The quantitative estimate of drug-likeness (QED) is 0.768. The molecule has 120 valence electrons. The molecule has 0 radical (unpaired) electrons. The SMILES string of the molecule is CCNCC(=O)Nc1ccc(NC(=O)c2cccc(C)c2)cc1. The van der Waals surface area contributed by atoms with E-state index in [0.717, 1.165) is 12.1 Å². The van der Waals surface area contributed by atoms with Crippen LogP contribution in [-0.2, 0) is 4.79 Å². The number of carbonyl (C=O) groups excluding carboxylic acids is 2. The molecule has 0 aromatic heterocycles. The van der Waals surface area contributed by atoms with Crippen LogP contribution in [0.25, 0.3) is 0 Å². The molecule has 3 N–H and O–H groups in total. The Morgan fingerprint density at radius 2 is 1.61 bits per heavy atom. The number of rotatable bonds is 6. The van der Waals surface area contributed by atoms with E-state index in [-0.39, 0.29) is 18.4 Å². The molecule has 0 atom stereocenters. The molecule has 0 saturated heterocycles. The number of hydrogen-bond acceptors (Lipinski definition) is 3. The van der Waals surface area contributed by atoms with Crippen LogP contribution in [0.15, 0.2) is 48.5 Å². The smallest absolute Gasteiger partial charge is 0.255 e. The maximum atomic E-state index is 12.2. The molecule has 2 amide bonds. The summed E-state index contributed by atoms with van der Waals surface area (Å²) in [5, 5.41) is 8.58. The van der Waals surface area contributed by atoms with Crippen LogP contribution in [0.5, 0.6) is 0 Å². The van der Waals surface area contributed by atoms with E-state index in [2.05, 4.69) is 16.0 Å². The molecule has 0 saturated carbocycles. The van der Waals surface area contributed by atoms with Crippen LogP contribution in [-0.4, -0.2) is 24.9 Å². The molecule has 5 heteroatoms. The summed E-state index contributed by atoms with van der Waals surface area (Å²) < 4.78 is 0. The zero-order valence-corrected chi connectivity index (χ0v) is 13.3. The van der Waals surface area contributed by atoms with Gasteiger partial charge in [-0.05, 0) is 49.9 Å². The van der Waals surface area contributed by atoms with Crippen LogP contribution >= 0.6 is 0 Å². The van der Waals surface area contributed by atoms with Crippen molar-refractivity contribution in [3.8, 4) is 0 Å². The van der Waals surface area contributed by atoms with Crippen molar-refractivity contribution >= 4 is 23.2 Å². The highest BCUT2D eigenvalue weighted by atomic mass is 16.2. The van der Waals surface area contributed by atoms with Gasteiger partial charge in [0.25, 0.3) is 5.91 Å². The summed E-state index contributed by atoms with van der Waals surface area (Å²) >= 11 is 0. The van der Waals surface area contributed by atoms with Crippen LogP contribution < -0.4 is 16.0 Å². The molecule has 5 nitrogen and oxygen atoms in total. The van der Waals surface area contributed by atoms with Crippen molar-refractivity contribution in [1.82, 2.24) is 5.32 Å². The molecule has 0 aliphatic heterocycles. The van der Waals surface area contributed by atoms with Crippen molar-refractivity contribution in [1.29, 1.82) is 0 Å². The fraction of sp³-hybridized carbons (Fsp3) is 0.222. The van der Waals surface area contributed by atoms with Gasteiger partial charge in [0, 0.05) is 16.9 Å². The van der Waals surface area contributed by atoms with Gasteiger partial charge in [-0.15, -0.1) is 0 Å². The molecule has 0 fully saturated rings. The number of hydrogen-bond donors (Lipinski definition) is 3. The minimum Gasteiger partial charge on any atom is -0.325 e. The van der Waals surface area contributed by atoms with E-state index < -0.39 is 0 Å². The number of carbonyl (C=O) groups is 2. The number of anilines is 2. The summed E-state index contributed by atoms with van der Waals surface area (Å²) in [6.07, 6.45) is 0. The van der Waals surface area contributed by atoms with Crippen molar-refractivity contribution in [2.45, 2.75) is 13.8 Å². The second kappa shape index (κ2) is 8.10. The van der Waals surface area contributed by atoms with Gasteiger partial charge in [-0.25, -0.2) is 0 Å². The highest BCUT2D eigenvalue weighted by Gasteiger charge is 2.06. The van der Waals surface area contributed by atoms with Gasteiger partial charge in [-0.2, -0.15) is 0 Å². The Balaban J connectivity index is 1.94. The number of nitrogens with one attached hydrogen (secondary N) is 3. The van der Waals surface area contributed by atoms with Crippen molar-refractivity contribution < 1.29 is 9.59 Å². The first-order valence-electron chi connectivity index (χ1n) is 7.57. The predicted molar refractivity (Wildman–Crippen MR) is 92.7 cm³/mol. The van der Waals surface area contributed by atoms with Crippen LogP contribution in [0.2, 0.25) is 0 Å². The Kier molecular flexibility index (Phi) is 5.88. The molecular formula is C18H21N3O2. The van der Waals surface area contributed by atoms with Crippen molar-refractivity contribution in [3.05, 3.63) is 59.7 Å². The van der Waals surface area contributed by atoms with Gasteiger partial charge < -0.3 is 16.0 Å². The average molecular weight is 311 g/mol. The summed E-state index contributed by atoms with van der Waals surface area (Å²) in [4.78, 5) is 23.8. The summed E-state index contributed by atoms with van der Waals surface area (Å²) in [5.41, 5.74) is 3.03. The minimum absolute atomic E-state index is 0.0941. The van der Waals surface area contributed by atoms with Gasteiger partial charge >= 0.3 is 0 Å². The summed E-state index contributed by atoms with van der Waals surface area (Å²) in [6.45, 7) is 4.92. The highest BCUT2D eigenvalue weighted by Crippen LogP contribution is 2.15. The molecule has 0 bridgehead atoms. The Bertz CT molecular complexity index is 681. The molecule has 23 heavy (non-hydrogen) atoms. The van der Waals surface area contributed by atoms with Crippen LogP contribution in [0.3, 0.4) is 0 Å². The van der Waals surface area contributed by atoms with E-state index in [1.165, 1.54) is 0 Å². The average Bonchev–Trinajstić information content (AvgIpc) is 2.54. The molecule has 2 rings (SSSR count). The Morgan fingerprint density at radius 1 is 0.957 bits per heavy atom. The first kappa shape index (κ1) is 16.7. The molecule has 2 aromatic rings. The fourth-order valence-corrected chi connectivity index (χ4v) is 2.07.